The first-order valence-corrected chi connectivity index (χ1v) is 12.0. The number of nitrogens with zero attached hydrogens (tertiary/aromatic N) is 2. The van der Waals surface area contributed by atoms with Crippen molar-refractivity contribution in [2.45, 2.75) is 26.7 Å². The Hall–Kier alpha value is -2.11. The highest BCUT2D eigenvalue weighted by Crippen LogP contribution is 2.39. The number of hydrogen-bond donors (Lipinski definition) is 1. The van der Waals surface area contributed by atoms with Crippen LogP contribution in [0.2, 0.25) is 0 Å². The molecule has 0 bridgehead atoms. The Kier molecular flexibility index (Phi) is 9.98. The lowest BCUT2D eigenvalue weighted by Crippen LogP contribution is -2.34. The fourth-order valence-electron chi connectivity index (χ4n) is 3.00. The van der Waals surface area contributed by atoms with E-state index in [0.29, 0.717) is 50.3 Å². The second kappa shape index (κ2) is 12.2. The van der Waals surface area contributed by atoms with Gasteiger partial charge in [0.15, 0.2) is 18.1 Å². The second-order valence-electron chi connectivity index (χ2n) is 6.72. The van der Waals surface area contributed by atoms with E-state index in [0.717, 1.165) is 0 Å². The van der Waals surface area contributed by atoms with Crippen molar-refractivity contribution in [3.63, 3.8) is 0 Å². The van der Waals surface area contributed by atoms with Gasteiger partial charge in [-0.3, -0.25) is 19.3 Å². The number of halogens is 1. The van der Waals surface area contributed by atoms with Gasteiger partial charge in [0.1, 0.15) is 4.32 Å². The summed E-state index contributed by atoms with van der Waals surface area (Å²) in [6, 6.07) is 3.47. The number of likely N-dealkylation sites (N-methyl/N-ethyl adjacent to an activating group) is 1. The van der Waals surface area contributed by atoms with Crippen molar-refractivity contribution in [2.75, 3.05) is 33.4 Å². The number of carboxylic acid groups (broad SMARTS) is 1. The molecule has 0 spiro atoms. The molecule has 0 saturated carbocycles. The number of carbonyl (C=O) groups is 3. The van der Waals surface area contributed by atoms with Crippen molar-refractivity contribution >= 4 is 68.1 Å². The quantitative estimate of drug-likeness (QED) is 0.332. The van der Waals surface area contributed by atoms with Crippen LogP contribution in [0.3, 0.4) is 0 Å². The summed E-state index contributed by atoms with van der Waals surface area (Å²) in [5, 5.41) is 8.78. The van der Waals surface area contributed by atoms with Crippen LogP contribution in [0.25, 0.3) is 6.08 Å². The zero-order chi connectivity index (χ0) is 23.8. The van der Waals surface area contributed by atoms with E-state index < -0.39 is 5.97 Å². The summed E-state index contributed by atoms with van der Waals surface area (Å²) in [7, 11) is 1.49. The number of carbonyl (C=O) groups excluding carboxylic acids is 2. The summed E-state index contributed by atoms with van der Waals surface area (Å²) in [6.45, 7) is 5.15. The van der Waals surface area contributed by atoms with Crippen molar-refractivity contribution < 1.29 is 29.0 Å². The number of methoxy groups -OCH3 is 1. The molecule has 11 heteroatoms. The first-order valence-electron chi connectivity index (χ1n) is 9.97. The van der Waals surface area contributed by atoms with E-state index in [4.69, 9.17) is 26.8 Å². The third-order valence-electron chi connectivity index (χ3n) is 4.65. The summed E-state index contributed by atoms with van der Waals surface area (Å²) < 4.78 is 12.1. The zero-order valence-electron chi connectivity index (χ0n) is 18.1. The number of rotatable bonds is 11. The molecular formula is C21H25BrN2O6S2. The molecule has 1 N–H and O–H groups in total. The summed E-state index contributed by atoms with van der Waals surface area (Å²) in [5.74, 6) is -0.490. The van der Waals surface area contributed by atoms with Crippen molar-refractivity contribution in [2.24, 2.45) is 0 Å². The predicted molar refractivity (Wildman–Crippen MR) is 131 cm³/mol. The number of thiocarbonyl (C=S) groups is 1. The van der Waals surface area contributed by atoms with Gasteiger partial charge in [-0.25, -0.2) is 0 Å². The summed E-state index contributed by atoms with van der Waals surface area (Å²) in [5.41, 5.74) is 0.683. The molecular weight excluding hydrogens is 520 g/mol. The standard InChI is InChI=1S/C21H25BrN2O6S2/c1-4-23(5-2)17(25)12-30-19-14(22)9-13(10-15(19)29-3)11-16-20(28)24(21(31)32-16)8-6-7-18(26)27/h9-11H,4-8,12H2,1-3H3,(H,26,27)/b16-11+. The Balaban J connectivity index is 2.17. The van der Waals surface area contributed by atoms with Crippen LogP contribution in [0.5, 0.6) is 11.5 Å². The first-order chi connectivity index (χ1) is 15.2. The van der Waals surface area contributed by atoms with E-state index in [2.05, 4.69) is 15.9 Å². The van der Waals surface area contributed by atoms with Gasteiger partial charge in [0.05, 0.1) is 16.5 Å². The maximum atomic E-state index is 12.7. The fourth-order valence-corrected chi connectivity index (χ4v) is 4.88. The predicted octanol–water partition coefficient (Wildman–Crippen LogP) is 3.77. The lowest BCUT2D eigenvalue weighted by Gasteiger charge is -2.20. The molecule has 0 aromatic heterocycles. The molecule has 1 aliphatic heterocycles. The van der Waals surface area contributed by atoms with Gasteiger partial charge in [0, 0.05) is 26.1 Å². The van der Waals surface area contributed by atoms with Crippen LogP contribution in [0.1, 0.15) is 32.3 Å². The molecule has 2 rings (SSSR count). The van der Waals surface area contributed by atoms with Crippen LogP contribution in [0.4, 0.5) is 0 Å². The molecule has 0 aliphatic carbocycles. The monoisotopic (exact) mass is 544 g/mol. The van der Waals surface area contributed by atoms with E-state index in [1.807, 2.05) is 13.8 Å². The number of amides is 2. The van der Waals surface area contributed by atoms with Crippen molar-refractivity contribution in [1.82, 2.24) is 9.80 Å². The highest BCUT2D eigenvalue weighted by atomic mass is 79.9. The van der Waals surface area contributed by atoms with Crippen molar-refractivity contribution in [1.29, 1.82) is 0 Å². The topological polar surface area (TPSA) is 96.4 Å². The molecule has 1 saturated heterocycles. The Bertz CT molecular complexity index is 933. The van der Waals surface area contributed by atoms with Crippen LogP contribution in [0, 0.1) is 0 Å². The van der Waals surface area contributed by atoms with Gasteiger partial charge in [-0.1, -0.05) is 24.0 Å². The highest BCUT2D eigenvalue weighted by Gasteiger charge is 2.31. The van der Waals surface area contributed by atoms with E-state index in [-0.39, 0.29) is 31.4 Å². The molecule has 32 heavy (non-hydrogen) atoms. The fraction of sp³-hybridized carbons (Fsp3) is 0.429. The van der Waals surface area contributed by atoms with Crippen LogP contribution in [-0.2, 0) is 14.4 Å². The van der Waals surface area contributed by atoms with Gasteiger partial charge in [0.25, 0.3) is 11.8 Å². The minimum Gasteiger partial charge on any atom is -0.493 e. The molecule has 0 unspecified atom stereocenters. The molecule has 1 aromatic carbocycles. The number of carboxylic acids is 1. The van der Waals surface area contributed by atoms with Crippen LogP contribution < -0.4 is 9.47 Å². The normalized spacial score (nSPS) is 14.8. The molecule has 8 nitrogen and oxygen atoms in total. The molecule has 1 aromatic rings. The third-order valence-corrected chi connectivity index (χ3v) is 6.62. The zero-order valence-corrected chi connectivity index (χ0v) is 21.3. The van der Waals surface area contributed by atoms with Gasteiger partial charge >= 0.3 is 5.97 Å². The molecule has 174 valence electrons. The van der Waals surface area contributed by atoms with E-state index in [1.165, 1.54) is 23.8 Å². The average molecular weight is 545 g/mol. The Morgan fingerprint density at radius 2 is 2.00 bits per heavy atom. The minimum absolute atomic E-state index is 0.0293. The van der Waals surface area contributed by atoms with Crippen molar-refractivity contribution in [3.05, 3.63) is 27.1 Å². The summed E-state index contributed by atoms with van der Waals surface area (Å²) in [4.78, 5) is 39.2. The van der Waals surface area contributed by atoms with Crippen LogP contribution in [0.15, 0.2) is 21.5 Å². The van der Waals surface area contributed by atoms with E-state index in [1.54, 1.807) is 23.1 Å². The first kappa shape index (κ1) is 26.1. The maximum Gasteiger partial charge on any atom is 0.303 e. The van der Waals surface area contributed by atoms with Gasteiger partial charge < -0.3 is 19.5 Å². The lowest BCUT2D eigenvalue weighted by atomic mass is 10.1. The summed E-state index contributed by atoms with van der Waals surface area (Å²) >= 11 is 9.89. The van der Waals surface area contributed by atoms with Gasteiger partial charge in [0.2, 0.25) is 0 Å². The van der Waals surface area contributed by atoms with Crippen LogP contribution in [-0.4, -0.2) is 70.4 Å². The Labute approximate surface area is 205 Å². The SMILES string of the molecule is CCN(CC)C(=O)COc1c(Br)cc(/C=C2/SC(=S)N(CCCC(=O)O)C2=O)cc1OC. The lowest BCUT2D eigenvalue weighted by molar-refractivity contribution is -0.137. The number of benzene rings is 1. The minimum atomic E-state index is -0.913. The Morgan fingerprint density at radius 1 is 1.31 bits per heavy atom. The molecule has 2 amide bonds. The molecule has 1 heterocycles. The molecule has 0 atom stereocenters. The smallest absolute Gasteiger partial charge is 0.303 e. The molecule has 1 aliphatic rings. The van der Waals surface area contributed by atoms with Crippen LogP contribution >= 0.6 is 39.9 Å². The largest absolute Gasteiger partial charge is 0.493 e. The number of hydrogen-bond acceptors (Lipinski definition) is 7. The van der Waals surface area contributed by atoms with E-state index in [9.17, 15) is 14.4 Å². The third kappa shape index (κ3) is 6.69. The molecule has 1 fully saturated rings. The number of thioether (sulfide) groups is 1. The molecule has 0 radical (unpaired) electrons. The highest BCUT2D eigenvalue weighted by molar-refractivity contribution is 9.10. The van der Waals surface area contributed by atoms with E-state index >= 15 is 0 Å². The summed E-state index contributed by atoms with van der Waals surface area (Å²) in [6.07, 6.45) is 1.99. The van der Waals surface area contributed by atoms with Gasteiger partial charge in [-0.05, 0) is 60.0 Å². The number of ether oxygens (including phenoxy) is 2. The Morgan fingerprint density at radius 3 is 2.59 bits per heavy atom. The number of aliphatic carboxylic acids is 1. The van der Waals surface area contributed by atoms with Crippen molar-refractivity contribution in [3.8, 4) is 11.5 Å². The maximum absolute atomic E-state index is 12.7. The van der Waals surface area contributed by atoms with Gasteiger partial charge in [-0.15, -0.1) is 0 Å². The average Bonchev–Trinajstić information content (AvgIpc) is 3.00. The van der Waals surface area contributed by atoms with Gasteiger partial charge in [-0.2, -0.15) is 0 Å². The second-order valence-corrected chi connectivity index (χ2v) is 9.25.